The Labute approximate surface area is 140 Å². The average Bonchev–Trinajstić information content (AvgIpc) is 2.57. The summed E-state index contributed by atoms with van der Waals surface area (Å²) in [4.78, 5) is 24.4. The largest absolute Gasteiger partial charge is 0.480 e. The number of nitrogens with one attached hydrogen (secondary N) is 1. The van der Waals surface area contributed by atoms with Crippen molar-refractivity contribution >= 4 is 11.9 Å². The molecule has 0 saturated heterocycles. The summed E-state index contributed by atoms with van der Waals surface area (Å²) in [7, 11) is 0. The van der Waals surface area contributed by atoms with E-state index in [1.54, 1.807) is 0 Å². The maximum absolute atomic E-state index is 12.9. The highest BCUT2D eigenvalue weighted by Gasteiger charge is 2.43. The van der Waals surface area contributed by atoms with E-state index in [0.29, 0.717) is 12.8 Å². The first-order chi connectivity index (χ1) is 10.9. The molecule has 5 nitrogen and oxygen atoms in total. The van der Waals surface area contributed by atoms with Crippen LogP contribution in [0.4, 0.5) is 0 Å². The van der Waals surface area contributed by atoms with Crippen LogP contribution in [0.25, 0.3) is 0 Å². The van der Waals surface area contributed by atoms with Crippen LogP contribution in [0.5, 0.6) is 0 Å². The van der Waals surface area contributed by atoms with Gasteiger partial charge in [0.15, 0.2) is 0 Å². The first kappa shape index (κ1) is 19.9. The standard InChI is InChI=1S/C18H34N2O3/c1-4-6-12-18(19,14-10-8-7-9-11-14)17(23)20-15(16(21)22)13(3)5-2/h13-15H,4-12,19H2,1-3H3,(H,20,23)(H,21,22). The Morgan fingerprint density at radius 2 is 1.87 bits per heavy atom. The van der Waals surface area contributed by atoms with Crippen molar-refractivity contribution in [2.75, 3.05) is 0 Å². The fourth-order valence-corrected chi connectivity index (χ4v) is 3.55. The molecule has 3 atom stereocenters. The van der Waals surface area contributed by atoms with Gasteiger partial charge in [0.25, 0.3) is 0 Å². The first-order valence-electron chi connectivity index (χ1n) is 9.19. The van der Waals surface area contributed by atoms with Gasteiger partial charge in [-0.1, -0.05) is 59.3 Å². The van der Waals surface area contributed by atoms with Crippen molar-refractivity contribution in [3.8, 4) is 0 Å². The molecule has 0 aromatic heterocycles. The Morgan fingerprint density at radius 3 is 2.35 bits per heavy atom. The van der Waals surface area contributed by atoms with Crippen molar-refractivity contribution < 1.29 is 14.7 Å². The van der Waals surface area contributed by atoms with Gasteiger partial charge in [-0.2, -0.15) is 0 Å². The molecule has 4 N–H and O–H groups in total. The lowest BCUT2D eigenvalue weighted by Gasteiger charge is -2.39. The predicted molar refractivity (Wildman–Crippen MR) is 92.0 cm³/mol. The van der Waals surface area contributed by atoms with Crippen molar-refractivity contribution in [1.82, 2.24) is 5.32 Å². The summed E-state index contributed by atoms with van der Waals surface area (Å²) in [5.74, 6) is -1.20. The molecule has 1 aliphatic carbocycles. The lowest BCUT2D eigenvalue weighted by atomic mass is 9.72. The van der Waals surface area contributed by atoms with Crippen molar-refractivity contribution in [2.45, 2.75) is 90.1 Å². The molecule has 0 radical (unpaired) electrons. The molecule has 0 bridgehead atoms. The van der Waals surface area contributed by atoms with Gasteiger partial charge in [-0.15, -0.1) is 0 Å². The summed E-state index contributed by atoms with van der Waals surface area (Å²) in [6, 6.07) is -0.861. The van der Waals surface area contributed by atoms with E-state index in [-0.39, 0.29) is 17.7 Å². The second-order valence-corrected chi connectivity index (χ2v) is 7.15. The highest BCUT2D eigenvalue weighted by molar-refractivity contribution is 5.90. The van der Waals surface area contributed by atoms with Crippen LogP contribution in [-0.2, 0) is 9.59 Å². The third-order valence-corrected chi connectivity index (χ3v) is 5.47. The molecule has 1 rings (SSSR count). The second-order valence-electron chi connectivity index (χ2n) is 7.15. The number of carboxylic acids is 1. The van der Waals surface area contributed by atoms with Gasteiger partial charge in [-0.25, -0.2) is 4.79 Å². The summed E-state index contributed by atoms with van der Waals surface area (Å²) in [5.41, 5.74) is 5.65. The minimum atomic E-state index is -0.978. The lowest BCUT2D eigenvalue weighted by Crippen LogP contribution is -2.62. The number of carbonyl (C=O) groups excluding carboxylic acids is 1. The van der Waals surface area contributed by atoms with Gasteiger partial charge in [-0.3, -0.25) is 4.79 Å². The number of aliphatic carboxylic acids is 1. The molecular formula is C18H34N2O3. The number of carboxylic acid groups (broad SMARTS) is 1. The molecule has 5 heteroatoms. The normalized spacial score (nSPS) is 21.2. The zero-order valence-electron chi connectivity index (χ0n) is 14.9. The molecule has 1 aliphatic rings. The number of unbranched alkanes of at least 4 members (excludes halogenated alkanes) is 1. The van der Waals surface area contributed by atoms with Crippen molar-refractivity contribution in [1.29, 1.82) is 0 Å². The molecule has 0 spiro atoms. The first-order valence-corrected chi connectivity index (χ1v) is 9.19. The molecular weight excluding hydrogens is 292 g/mol. The van der Waals surface area contributed by atoms with Gasteiger partial charge in [0.2, 0.25) is 5.91 Å². The SMILES string of the molecule is CCCCC(N)(C(=O)NC(C(=O)O)C(C)CC)C1CCCCC1. The van der Waals surface area contributed by atoms with Gasteiger partial charge >= 0.3 is 5.97 Å². The zero-order valence-corrected chi connectivity index (χ0v) is 14.9. The van der Waals surface area contributed by atoms with E-state index >= 15 is 0 Å². The van der Waals surface area contributed by atoms with E-state index in [1.807, 2.05) is 13.8 Å². The summed E-state index contributed by atoms with van der Waals surface area (Å²) in [5, 5.41) is 12.2. The van der Waals surface area contributed by atoms with Crippen LogP contribution in [0, 0.1) is 11.8 Å². The highest BCUT2D eigenvalue weighted by atomic mass is 16.4. The Bertz CT molecular complexity index is 394. The minimum Gasteiger partial charge on any atom is -0.480 e. The molecule has 1 saturated carbocycles. The quantitative estimate of drug-likeness (QED) is 0.607. The van der Waals surface area contributed by atoms with E-state index < -0.39 is 17.6 Å². The molecule has 1 amide bonds. The van der Waals surface area contributed by atoms with Crippen molar-refractivity contribution in [3.05, 3.63) is 0 Å². The number of amides is 1. The second kappa shape index (κ2) is 9.26. The van der Waals surface area contributed by atoms with Crippen LogP contribution in [0.3, 0.4) is 0 Å². The summed E-state index contributed by atoms with van der Waals surface area (Å²) < 4.78 is 0. The lowest BCUT2D eigenvalue weighted by molar-refractivity contribution is -0.145. The van der Waals surface area contributed by atoms with Gasteiger partial charge < -0.3 is 16.2 Å². The third-order valence-electron chi connectivity index (χ3n) is 5.47. The van der Waals surface area contributed by atoms with Crippen LogP contribution >= 0.6 is 0 Å². The summed E-state index contributed by atoms with van der Waals surface area (Å²) in [6.07, 6.45) is 8.55. The maximum Gasteiger partial charge on any atom is 0.326 e. The molecule has 0 aliphatic heterocycles. The fourth-order valence-electron chi connectivity index (χ4n) is 3.55. The smallest absolute Gasteiger partial charge is 0.326 e. The van der Waals surface area contributed by atoms with Crippen LogP contribution in [0.2, 0.25) is 0 Å². The molecule has 23 heavy (non-hydrogen) atoms. The van der Waals surface area contributed by atoms with E-state index in [2.05, 4.69) is 12.2 Å². The Morgan fingerprint density at radius 1 is 1.26 bits per heavy atom. The molecule has 0 heterocycles. The zero-order chi connectivity index (χ0) is 17.5. The molecule has 0 aromatic rings. The summed E-state index contributed by atoms with van der Waals surface area (Å²) in [6.45, 7) is 5.86. The number of hydrogen-bond acceptors (Lipinski definition) is 3. The van der Waals surface area contributed by atoms with Crippen molar-refractivity contribution in [2.24, 2.45) is 17.6 Å². The van der Waals surface area contributed by atoms with Gasteiger partial charge in [-0.05, 0) is 31.1 Å². The average molecular weight is 326 g/mol. The number of rotatable bonds is 9. The van der Waals surface area contributed by atoms with Gasteiger partial charge in [0.1, 0.15) is 6.04 Å². The molecule has 1 fully saturated rings. The van der Waals surface area contributed by atoms with Crippen molar-refractivity contribution in [3.63, 3.8) is 0 Å². The topological polar surface area (TPSA) is 92.4 Å². The maximum atomic E-state index is 12.9. The third kappa shape index (κ3) is 5.20. The molecule has 0 aromatic carbocycles. The molecule has 3 unspecified atom stereocenters. The van der Waals surface area contributed by atoms with E-state index in [0.717, 1.165) is 38.5 Å². The van der Waals surface area contributed by atoms with Crippen LogP contribution in [0.1, 0.15) is 78.6 Å². The monoisotopic (exact) mass is 326 g/mol. The number of nitrogens with two attached hydrogens (primary N) is 1. The van der Waals surface area contributed by atoms with E-state index in [1.165, 1.54) is 6.42 Å². The highest BCUT2D eigenvalue weighted by Crippen LogP contribution is 2.34. The van der Waals surface area contributed by atoms with Crippen LogP contribution < -0.4 is 11.1 Å². The van der Waals surface area contributed by atoms with Crippen LogP contribution in [0.15, 0.2) is 0 Å². The Balaban J connectivity index is 2.91. The Kier molecular flexibility index (Phi) is 8.03. The number of carbonyl (C=O) groups is 2. The fraction of sp³-hybridized carbons (Fsp3) is 0.889. The van der Waals surface area contributed by atoms with E-state index in [9.17, 15) is 14.7 Å². The molecule has 134 valence electrons. The number of hydrogen-bond donors (Lipinski definition) is 3. The van der Waals surface area contributed by atoms with Gasteiger partial charge in [0, 0.05) is 0 Å². The van der Waals surface area contributed by atoms with Crippen LogP contribution in [-0.4, -0.2) is 28.6 Å². The van der Waals surface area contributed by atoms with Gasteiger partial charge in [0.05, 0.1) is 5.54 Å². The van der Waals surface area contributed by atoms with E-state index in [4.69, 9.17) is 5.73 Å². The minimum absolute atomic E-state index is 0.113. The Hall–Kier alpha value is -1.10. The predicted octanol–water partition coefficient (Wildman–Crippen LogP) is 3.07. The summed E-state index contributed by atoms with van der Waals surface area (Å²) >= 11 is 0.